The highest BCUT2D eigenvalue weighted by Gasteiger charge is 2.13. The minimum atomic E-state index is -0.989. The summed E-state index contributed by atoms with van der Waals surface area (Å²) in [4.78, 5) is 22.3. The molecule has 1 aromatic heterocycles. The Morgan fingerprint density at radius 1 is 1.33 bits per heavy atom. The van der Waals surface area contributed by atoms with Crippen LogP contribution >= 0.6 is 11.5 Å². The molecule has 2 rings (SSSR count). The van der Waals surface area contributed by atoms with Gasteiger partial charge in [0.05, 0.1) is 6.04 Å². The Bertz CT molecular complexity index is 651. The van der Waals surface area contributed by atoms with Crippen molar-refractivity contribution < 1.29 is 14.7 Å². The molecule has 21 heavy (non-hydrogen) atoms. The molecule has 2 N–H and O–H groups in total. The third kappa shape index (κ3) is 4.22. The summed E-state index contributed by atoms with van der Waals surface area (Å²) in [5.74, 6) is -1.26. The molecule has 1 heterocycles. The fourth-order valence-corrected chi connectivity index (χ4v) is 2.12. The molecule has 108 valence electrons. The summed E-state index contributed by atoms with van der Waals surface area (Å²) in [5, 5.41) is 16.7. The Morgan fingerprint density at radius 3 is 2.62 bits per heavy atom. The molecule has 0 bridgehead atoms. The van der Waals surface area contributed by atoms with E-state index in [1.54, 1.807) is 17.5 Å². The summed E-state index contributed by atoms with van der Waals surface area (Å²) >= 11 is 1.12. The highest BCUT2D eigenvalue weighted by atomic mass is 32.1. The van der Waals surface area contributed by atoms with Crippen LogP contribution in [0.4, 0.5) is 0 Å². The number of carboxylic acid groups (broad SMARTS) is 1. The van der Waals surface area contributed by atoms with E-state index < -0.39 is 5.97 Å². The Morgan fingerprint density at radius 2 is 2.05 bits per heavy atom. The van der Waals surface area contributed by atoms with Crippen molar-refractivity contribution in [2.75, 3.05) is 0 Å². The smallest absolute Gasteiger partial charge is 0.328 e. The number of rotatable bonds is 5. The molecule has 1 atom stereocenters. The molecule has 0 spiro atoms. The van der Waals surface area contributed by atoms with Gasteiger partial charge in [-0.1, -0.05) is 28.8 Å². The SMILES string of the molecule is CC(NC(=O)c1csnn1)c1ccc(C=CC(=O)O)cc1. The fourth-order valence-electron chi connectivity index (χ4n) is 1.68. The van der Waals surface area contributed by atoms with E-state index in [1.165, 1.54) is 6.08 Å². The maximum atomic E-state index is 11.9. The third-order valence-electron chi connectivity index (χ3n) is 2.80. The first kappa shape index (κ1) is 14.9. The Labute approximate surface area is 125 Å². The lowest BCUT2D eigenvalue weighted by atomic mass is 10.1. The quantitative estimate of drug-likeness (QED) is 0.825. The lowest BCUT2D eigenvalue weighted by Gasteiger charge is -2.13. The third-order valence-corrected chi connectivity index (χ3v) is 3.30. The van der Waals surface area contributed by atoms with Crippen molar-refractivity contribution in [1.82, 2.24) is 14.9 Å². The van der Waals surface area contributed by atoms with Crippen LogP contribution < -0.4 is 5.32 Å². The van der Waals surface area contributed by atoms with Crippen molar-refractivity contribution in [2.24, 2.45) is 0 Å². The predicted molar refractivity (Wildman–Crippen MR) is 78.9 cm³/mol. The number of hydrogen-bond acceptors (Lipinski definition) is 5. The fraction of sp³-hybridized carbons (Fsp3) is 0.143. The number of nitrogens with one attached hydrogen (secondary N) is 1. The van der Waals surface area contributed by atoms with Gasteiger partial charge in [0.1, 0.15) is 0 Å². The Hall–Kier alpha value is -2.54. The van der Waals surface area contributed by atoms with E-state index >= 15 is 0 Å². The van der Waals surface area contributed by atoms with Gasteiger partial charge < -0.3 is 10.4 Å². The van der Waals surface area contributed by atoms with Gasteiger partial charge in [-0.15, -0.1) is 5.10 Å². The summed E-state index contributed by atoms with van der Waals surface area (Å²) in [6.45, 7) is 1.86. The van der Waals surface area contributed by atoms with Crippen LogP contribution in [0.1, 0.15) is 34.6 Å². The van der Waals surface area contributed by atoms with E-state index in [1.807, 2.05) is 19.1 Å². The standard InChI is InChI=1S/C14H13N3O3S/c1-9(15-14(20)12-8-21-17-16-12)11-5-2-10(3-6-11)4-7-13(18)19/h2-9H,1H3,(H,15,20)(H,18,19). The minimum absolute atomic E-state index is 0.184. The molecule has 0 saturated heterocycles. The maximum absolute atomic E-state index is 11.9. The second-order valence-corrected chi connectivity index (χ2v) is 4.93. The van der Waals surface area contributed by atoms with Crippen LogP contribution in [-0.2, 0) is 4.79 Å². The molecule has 1 amide bonds. The van der Waals surface area contributed by atoms with E-state index in [2.05, 4.69) is 14.9 Å². The topological polar surface area (TPSA) is 92.2 Å². The minimum Gasteiger partial charge on any atom is -0.478 e. The Kier molecular flexibility index (Phi) is 4.78. The van der Waals surface area contributed by atoms with Gasteiger partial charge >= 0.3 is 5.97 Å². The summed E-state index contributed by atoms with van der Waals surface area (Å²) in [5.41, 5.74) is 2.00. The van der Waals surface area contributed by atoms with Gasteiger partial charge in [-0.3, -0.25) is 4.79 Å². The number of hydrogen-bond donors (Lipinski definition) is 2. The molecule has 0 fully saturated rings. The van der Waals surface area contributed by atoms with Crippen molar-refractivity contribution in [3.05, 3.63) is 52.5 Å². The maximum Gasteiger partial charge on any atom is 0.328 e. The summed E-state index contributed by atoms with van der Waals surface area (Å²) in [6, 6.07) is 7.08. The molecule has 1 unspecified atom stereocenters. The number of carbonyl (C=O) groups excluding carboxylic acids is 1. The van der Waals surface area contributed by atoms with Gasteiger partial charge in [0, 0.05) is 11.5 Å². The van der Waals surface area contributed by atoms with E-state index in [-0.39, 0.29) is 11.9 Å². The van der Waals surface area contributed by atoms with Crippen LogP contribution in [0.3, 0.4) is 0 Å². The molecule has 6 nitrogen and oxygen atoms in total. The van der Waals surface area contributed by atoms with Crippen molar-refractivity contribution in [2.45, 2.75) is 13.0 Å². The summed E-state index contributed by atoms with van der Waals surface area (Å²) in [6.07, 6.45) is 2.59. The second kappa shape index (κ2) is 6.76. The van der Waals surface area contributed by atoms with E-state index in [4.69, 9.17) is 5.11 Å². The normalized spacial score (nSPS) is 12.2. The molecule has 0 aliphatic carbocycles. The van der Waals surface area contributed by atoms with E-state index in [0.717, 1.165) is 28.7 Å². The zero-order valence-corrected chi connectivity index (χ0v) is 12.0. The van der Waals surface area contributed by atoms with Crippen LogP contribution in [0.2, 0.25) is 0 Å². The molecule has 7 heteroatoms. The lowest BCUT2D eigenvalue weighted by Crippen LogP contribution is -2.26. The number of nitrogens with zero attached hydrogens (tertiary/aromatic N) is 2. The molecule has 2 aromatic rings. The van der Waals surface area contributed by atoms with Crippen molar-refractivity contribution in [3.8, 4) is 0 Å². The first-order chi connectivity index (χ1) is 10.1. The lowest BCUT2D eigenvalue weighted by molar-refractivity contribution is -0.131. The van der Waals surface area contributed by atoms with Gasteiger partial charge in [-0.2, -0.15) is 0 Å². The molecule has 0 aliphatic rings. The highest BCUT2D eigenvalue weighted by Crippen LogP contribution is 2.15. The van der Waals surface area contributed by atoms with Crippen LogP contribution in [-0.4, -0.2) is 26.6 Å². The summed E-state index contributed by atoms with van der Waals surface area (Å²) < 4.78 is 3.64. The first-order valence-electron chi connectivity index (χ1n) is 6.15. The van der Waals surface area contributed by atoms with Crippen molar-refractivity contribution in [3.63, 3.8) is 0 Å². The molecular formula is C14H13N3O3S. The Balaban J connectivity index is 2.01. The van der Waals surface area contributed by atoms with Crippen LogP contribution in [0.5, 0.6) is 0 Å². The van der Waals surface area contributed by atoms with Gasteiger partial charge in [-0.05, 0) is 35.7 Å². The number of benzene rings is 1. The van der Waals surface area contributed by atoms with Crippen LogP contribution in [0.15, 0.2) is 35.7 Å². The number of carbonyl (C=O) groups is 2. The monoisotopic (exact) mass is 303 g/mol. The van der Waals surface area contributed by atoms with Crippen molar-refractivity contribution >= 4 is 29.5 Å². The first-order valence-corrected chi connectivity index (χ1v) is 6.99. The van der Waals surface area contributed by atoms with E-state index in [0.29, 0.717) is 5.69 Å². The van der Waals surface area contributed by atoms with Gasteiger partial charge in [-0.25, -0.2) is 4.79 Å². The number of aromatic nitrogens is 2. The molecule has 1 aromatic carbocycles. The molecule has 0 radical (unpaired) electrons. The van der Waals surface area contributed by atoms with E-state index in [9.17, 15) is 9.59 Å². The highest BCUT2D eigenvalue weighted by molar-refractivity contribution is 7.03. The van der Waals surface area contributed by atoms with Gasteiger partial charge in [0.2, 0.25) is 0 Å². The zero-order valence-electron chi connectivity index (χ0n) is 11.2. The van der Waals surface area contributed by atoms with Gasteiger partial charge in [0.25, 0.3) is 5.91 Å². The molecular weight excluding hydrogens is 290 g/mol. The average Bonchev–Trinajstić information content (AvgIpc) is 3.00. The predicted octanol–water partition coefficient (Wildman–Crippen LogP) is 2.13. The molecule has 0 aliphatic heterocycles. The number of amides is 1. The zero-order chi connectivity index (χ0) is 15.2. The molecule has 0 saturated carbocycles. The largest absolute Gasteiger partial charge is 0.478 e. The van der Waals surface area contributed by atoms with Crippen LogP contribution in [0.25, 0.3) is 6.08 Å². The number of aliphatic carboxylic acids is 1. The number of carboxylic acids is 1. The summed E-state index contributed by atoms with van der Waals surface area (Å²) in [7, 11) is 0. The average molecular weight is 303 g/mol. The van der Waals surface area contributed by atoms with Crippen molar-refractivity contribution in [1.29, 1.82) is 0 Å². The van der Waals surface area contributed by atoms with Crippen LogP contribution in [0, 0.1) is 0 Å². The van der Waals surface area contributed by atoms with Gasteiger partial charge in [0.15, 0.2) is 5.69 Å². The second-order valence-electron chi connectivity index (χ2n) is 4.32.